The smallest absolute Gasteiger partial charge is 0.305 e. The first kappa shape index (κ1) is 12.7. The normalized spacial score (nSPS) is 10.3. The van der Waals surface area contributed by atoms with Gasteiger partial charge in [0.2, 0.25) is 0 Å². The summed E-state index contributed by atoms with van der Waals surface area (Å²) in [6, 6.07) is 6.58. The molecule has 1 aromatic carbocycles. The number of benzene rings is 1. The Morgan fingerprint density at radius 3 is 2.63 bits per heavy atom. The number of aromatic amines is 1. The molecule has 0 radical (unpaired) electrons. The van der Waals surface area contributed by atoms with Gasteiger partial charge in [0.05, 0.1) is 11.8 Å². The fourth-order valence-corrected chi connectivity index (χ4v) is 1.65. The van der Waals surface area contributed by atoms with Crippen LogP contribution in [0.1, 0.15) is 16.9 Å². The molecule has 0 saturated carbocycles. The number of carboxylic acids is 1. The molecule has 98 valence electrons. The Morgan fingerprint density at radius 2 is 1.95 bits per heavy atom. The van der Waals surface area contributed by atoms with E-state index in [2.05, 4.69) is 15.5 Å². The number of nitrogens with one attached hydrogen (secondary N) is 2. The molecule has 2 aromatic rings. The summed E-state index contributed by atoms with van der Waals surface area (Å²) in [5.74, 6) is -1.52. The van der Waals surface area contributed by atoms with Gasteiger partial charge in [-0.05, 0) is 6.07 Å². The van der Waals surface area contributed by atoms with Crippen LogP contribution in [0.15, 0.2) is 29.1 Å². The van der Waals surface area contributed by atoms with Gasteiger partial charge in [0.25, 0.3) is 11.5 Å². The van der Waals surface area contributed by atoms with E-state index in [4.69, 9.17) is 5.11 Å². The van der Waals surface area contributed by atoms with Crippen LogP contribution in [0.4, 0.5) is 0 Å². The van der Waals surface area contributed by atoms with Gasteiger partial charge in [0.15, 0.2) is 5.69 Å². The number of fused-ring (bicyclic) bond motifs is 1. The zero-order valence-electron chi connectivity index (χ0n) is 9.84. The highest BCUT2D eigenvalue weighted by Gasteiger charge is 2.13. The highest BCUT2D eigenvalue weighted by atomic mass is 16.4. The topological polar surface area (TPSA) is 112 Å². The van der Waals surface area contributed by atoms with Crippen molar-refractivity contribution in [1.29, 1.82) is 0 Å². The molecule has 0 aliphatic carbocycles. The predicted octanol–water partition coefficient (Wildman–Crippen LogP) is 0.128. The molecular weight excluding hydrogens is 250 g/mol. The number of H-pyrrole nitrogens is 1. The Kier molecular flexibility index (Phi) is 3.56. The summed E-state index contributed by atoms with van der Waals surface area (Å²) in [4.78, 5) is 33.8. The summed E-state index contributed by atoms with van der Waals surface area (Å²) in [7, 11) is 0. The summed E-state index contributed by atoms with van der Waals surface area (Å²) in [5.41, 5.74) is -0.307. The van der Waals surface area contributed by atoms with Crippen molar-refractivity contribution in [1.82, 2.24) is 15.5 Å². The van der Waals surface area contributed by atoms with Crippen molar-refractivity contribution in [2.24, 2.45) is 0 Å². The Morgan fingerprint density at radius 1 is 1.26 bits per heavy atom. The quantitative estimate of drug-likeness (QED) is 0.724. The lowest BCUT2D eigenvalue weighted by Crippen LogP contribution is -2.28. The molecule has 3 N–H and O–H groups in total. The van der Waals surface area contributed by atoms with Crippen molar-refractivity contribution >= 4 is 22.6 Å². The van der Waals surface area contributed by atoms with Crippen LogP contribution in [0.3, 0.4) is 0 Å². The number of nitrogens with zero attached hydrogens (tertiary/aromatic N) is 1. The number of carboxylic acid groups (broad SMARTS) is 1. The monoisotopic (exact) mass is 261 g/mol. The van der Waals surface area contributed by atoms with Crippen LogP contribution in [0, 0.1) is 0 Å². The summed E-state index contributed by atoms with van der Waals surface area (Å²) >= 11 is 0. The third kappa shape index (κ3) is 2.76. The molecule has 1 heterocycles. The van der Waals surface area contributed by atoms with Gasteiger partial charge in [-0.1, -0.05) is 18.2 Å². The van der Waals surface area contributed by atoms with Crippen LogP contribution in [0.5, 0.6) is 0 Å². The zero-order chi connectivity index (χ0) is 13.8. The lowest BCUT2D eigenvalue weighted by molar-refractivity contribution is -0.136. The van der Waals surface area contributed by atoms with Gasteiger partial charge in [-0.15, -0.1) is 0 Å². The van der Waals surface area contributed by atoms with E-state index in [1.54, 1.807) is 24.3 Å². The Bertz CT molecular complexity index is 693. The van der Waals surface area contributed by atoms with Crippen molar-refractivity contribution < 1.29 is 14.7 Å². The molecule has 7 heteroatoms. The lowest BCUT2D eigenvalue weighted by atomic mass is 10.1. The van der Waals surface area contributed by atoms with Crippen molar-refractivity contribution in [3.8, 4) is 0 Å². The van der Waals surface area contributed by atoms with E-state index >= 15 is 0 Å². The van der Waals surface area contributed by atoms with E-state index in [1.807, 2.05) is 0 Å². The maximum absolute atomic E-state index is 11.9. The standard InChI is InChI=1S/C12H11N3O4/c16-9(17)5-6-13-12(19)10-7-3-1-2-4-8(7)11(18)15-14-10/h1-4H,5-6H2,(H,13,19)(H,15,18)(H,16,17). The van der Waals surface area contributed by atoms with Gasteiger partial charge < -0.3 is 10.4 Å². The highest BCUT2D eigenvalue weighted by molar-refractivity contribution is 6.04. The predicted molar refractivity (Wildman–Crippen MR) is 66.9 cm³/mol. The number of rotatable bonds is 4. The highest BCUT2D eigenvalue weighted by Crippen LogP contribution is 2.11. The first-order valence-electron chi connectivity index (χ1n) is 5.57. The molecule has 0 aliphatic heterocycles. The molecule has 2 rings (SSSR count). The fourth-order valence-electron chi connectivity index (χ4n) is 1.65. The summed E-state index contributed by atoms with van der Waals surface area (Å²) < 4.78 is 0. The number of hydrogen-bond donors (Lipinski definition) is 3. The van der Waals surface area contributed by atoms with Gasteiger partial charge in [-0.3, -0.25) is 14.4 Å². The molecule has 1 amide bonds. The SMILES string of the molecule is O=C(O)CCNC(=O)c1n[nH]c(=O)c2ccccc12. The molecule has 0 bridgehead atoms. The van der Waals surface area contributed by atoms with Crippen LogP contribution < -0.4 is 10.9 Å². The maximum atomic E-state index is 11.9. The van der Waals surface area contributed by atoms with E-state index in [1.165, 1.54) is 0 Å². The minimum Gasteiger partial charge on any atom is -0.481 e. The number of carbonyl (C=O) groups excluding carboxylic acids is 1. The number of hydrogen-bond acceptors (Lipinski definition) is 4. The number of carbonyl (C=O) groups is 2. The third-order valence-electron chi connectivity index (χ3n) is 2.54. The second-order valence-electron chi connectivity index (χ2n) is 3.85. The van der Waals surface area contributed by atoms with Crippen molar-refractivity contribution in [2.75, 3.05) is 6.54 Å². The van der Waals surface area contributed by atoms with E-state index in [0.29, 0.717) is 10.8 Å². The zero-order valence-corrected chi connectivity index (χ0v) is 9.84. The minimum absolute atomic E-state index is 0.00327. The summed E-state index contributed by atoms with van der Waals surface area (Å²) in [6.07, 6.45) is -0.174. The average molecular weight is 261 g/mol. The summed E-state index contributed by atoms with van der Waals surface area (Å²) in [6.45, 7) is 0.00327. The third-order valence-corrected chi connectivity index (χ3v) is 2.54. The lowest BCUT2D eigenvalue weighted by Gasteiger charge is -2.05. The number of aromatic nitrogens is 2. The molecule has 0 aliphatic rings. The second kappa shape index (κ2) is 5.30. The largest absolute Gasteiger partial charge is 0.481 e. The molecule has 19 heavy (non-hydrogen) atoms. The first-order chi connectivity index (χ1) is 9.09. The molecule has 0 spiro atoms. The van der Waals surface area contributed by atoms with Gasteiger partial charge >= 0.3 is 5.97 Å². The van der Waals surface area contributed by atoms with Gasteiger partial charge in [0, 0.05) is 11.9 Å². The van der Waals surface area contributed by atoms with Gasteiger partial charge in [0.1, 0.15) is 0 Å². The molecule has 0 fully saturated rings. The molecule has 0 unspecified atom stereocenters. The van der Waals surface area contributed by atoms with Gasteiger partial charge in [-0.25, -0.2) is 5.10 Å². The fraction of sp³-hybridized carbons (Fsp3) is 0.167. The Hall–Kier alpha value is -2.70. The average Bonchev–Trinajstić information content (AvgIpc) is 2.39. The second-order valence-corrected chi connectivity index (χ2v) is 3.85. The van der Waals surface area contributed by atoms with Crippen LogP contribution in [0.2, 0.25) is 0 Å². The van der Waals surface area contributed by atoms with E-state index in [-0.39, 0.29) is 24.2 Å². The van der Waals surface area contributed by atoms with Crippen LogP contribution in [0.25, 0.3) is 10.8 Å². The number of aliphatic carboxylic acids is 1. The summed E-state index contributed by atoms with van der Waals surface area (Å²) in [5, 5.41) is 17.7. The van der Waals surface area contributed by atoms with Crippen LogP contribution in [-0.4, -0.2) is 33.7 Å². The van der Waals surface area contributed by atoms with E-state index in [9.17, 15) is 14.4 Å². The first-order valence-corrected chi connectivity index (χ1v) is 5.57. The van der Waals surface area contributed by atoms with Crippen molar-refractivity contribution in [3.05, 3.63) is 40.3 Å². The van der Waals surface area contributed by atoms with E-state index < -0.39 is 11.9 Å². The molecule has 0 saturated heterocycles. The maximum Gasteiger partial charge on any atom is 0.305 e. The minimum atomic E-state index is -1.00. The van der Waals surface area contributed by atoms with Crippen LogP contribution in [-0.2, 0) is 4.79 Å². The van der Waals surface area contributed by atoms with Gasteiger partial charge in [-0.2, -0.15) is 5.10 Å². The van der Waals surface area contributed by atoms with Crippen molar-refractivity contribution in [2.45, 2.75) is 6.42 Å². The van der Waals surface area contributed by atoms with Crippen molar-refractivity contribution in [3.63, 3.8) is 0 Å². The number of amides is 1. The Labute approximate surface area is 107 Å². The molecule has 0 atom stereocenters. The van der Waals surface area contributed by atoms with Crippen LogP contribution >= 0.6 is 0 Å². The Balaban J connectivity index is 2.30. The molecule has 7 nitrogen and oxygen atoms in total. The molecular formula is C12H11N3O4. The molecule has 1 aromatic heterocycles. The van der Waals surface area contributed by atoms with E-state index in [0.717, 1.165) is 0 Å².